The normalized spacial score (nSPS) is 19.9. The predicted molar refractivity (Wildman–Crippen MR) is 154 cm³/mol. The Bertz CT molecular complexity index is 1770. The van der Waals surface area contributed by atoms with E-state index in [4.69, 9.17) is 0 Å². The molecule has 0 saturated carbocycles. The first-order valence-electron chi connectivity index (χ1n) is 12.9. The number of alkyl halides is 3. The molecule has 12 heteroatoms. The highest BCUT2D eigenvalue weighted by atomic mass is 32.2. The average molecular weight is 610 g/mol. The van der Waals surface area contributed by atoms with Crippen LogP contribution in [-0.4, -0.2) is 27.5 Å². The van der Waals surface area contributed by atoms with Crippen molar-refractivity contribution in [1.29, 1.82) is 0 Å². The molecule has 3 atom stereocenters. The highest BCUT2D eigenvalue weighted by Gasteiger charge is 2.56. The van der Waals surface area contributed by atoms with Crippen LogP contribution in [0.3, 0.4) is 0 Å². The summed E-state index contributed by atoms with van der Waals surface area (Å²) in [6, 6.07) is 20.4. The molecule has 3 amide bonds. The molecule has 214 valence electrons. The third kappa shape index (κ3) is 4.94. The van der Waals surface area contributed by atoms with Gasteiger partial charge in [-0.25, -0.2) is 4.90 Å². The fourth-order valence-corrected chi connectivity index (χ4v) is 8.11. The summed E-state index contributed by atoms with van der Waals surface area (Å²) in [6.07, 6.45) is -4.58. The first-order chi connectivity index (χ1) is 20.0. The van der Waals surface area contributed by atoms with Gasteiger partial charge >= 0.3 is 11.0 Å². The van der Waals surface area contributed by atoms with Gasteiger partial charge in [0.25, 0.3) is 0 Å². The van der Waals surface area contributed by atoms with Gasteiger partial charge in [-0.2, -0.15) is 13.2 Å². The number of carbonyl (C=O) groups excluding carboxylic acids is 3. The Morgan fingerprint density at radius 2 is 1.64 bits per heavy atom. The number of aromatic nitrogens is 1. The largest absolute Gasteiger partial charge is 0.416 e. The van der Waals surface area contributed by atoms with Crippen LogP contribution in [0.4, 0.5) is 24.5 Å². The van der Waals surface area contributed by atoms with Crippen LogP contribution >= 0.6 is 23.1 Å². The second kappa shape index (κ2) is 10.6. The lowest BCUT2D eigenvalue weighted by atomic mass is 9.83. The van der Waals surface area contributed by atoms with Crippen LogP contribution in [0.5, 0.6) is 0 Å². The summed E-state index contributed by atoms with van der Waals surface area (Å²) in [4.78, 5) is 55.1. The van der Waals surface area contributed by atoms with Gasteiger partial charge in [0.2, 0.25) is 17.7 Å². The van der Waals surface area contributed by atoms with Crippen molar-refractivity contribution < 1.29 is 27.6 Å². The summed E-state index contributed by atoms with van der Waals surface area (Å²) < 4.78 is 40.6. The van der Waals surface area contributed by atoms with Gasteiger partial charge in [0.05, 0.1) is 22.2 Å². The van der Waals surface area contributed by atoms with E-state index >= 15 is 0 Å². The van der Waals surface area contributed by atoms with E-state index in [1.165, 1.54) is 21.6 Å². The second-order valence-electron chi connectivity index (χ2n) is 10.1. The van der Waals surface area contributed by atoms with E-state index in [9.17, 15) is 32.3 Å². The van der Waals surface area contributed by atoms with Crippen LogP contribution < -0.4 is 15.1 Å². The highest BCUT2D eigenvalue weighted by Crippen LogP contribution is 2.53. The quantitative estimate of drug-likeness (QED) is 0.295. The molecule has 1 aromatic heterocycles. The van der Waals surface area contributed by atoms with Crippen molar-refractivity contribution in [3.05, 3.63) is 110 Å². The number of benzene rings is 3. The van der Waals surface area contributed by atoms with Crippen molar-refractivity contribution in [2.45, 2.75) is 35.8 Å². The van der Waals surface area contributed by atoms with Crippen LogP contribution in [-0.2, 0) is 27.1 Å². The number of thiazole rings is 1. The first-order valence-corrected chi connectivity index (χ1v) is 14.6. The summed E-state index contributed by atoms with van der Waals surface area (Å²) in [5, 5.41) is 1.98. The van der Waals surface area contributed by atoms with E-state index in [-0.39, 0.29) is 11.6 Å². The highest BCUT2D eigenvalue weighted by molar-refractivity contribution is 8.00. The summed E-state index contributed by atoms with van der Waals surface area (Å²) in [5.41, 5.74) is 1.20. The molecule has 0 aliphatic carbocycles. The number of fused-ring (bicyclic) bond motifs is 2. The van der Waals surface area contributed by atoms with Crippen molar-refractivity contribution in [3.8, 4) is 0 Å². The zero-order chi connectivity index (χ0) is 29.8. The molecule has 0 bridgehead atoms. The number of nitrogens with zero attached hydrogens (tertiary/aromatic N) is 2. The topological polar surface area (TPSA) is 88.5 Å². The minimum Gasteiger partial charge on any atom is -0.325 e. The molecule has 0 spiro atoms. The van der Waals surface area contributed by atoms with Gasteiger partial charge in [-0.3, -0.25) is 23.7 Å². The van der Waals surface area contributed by atoms with Crippen molar-refractivity contribution >= 4 is 52.2 Å². The minimum atomic E-state index is -4.58. The third-order valence-electron chi connectivity index (χ3n) is 7.28. The summed E-state index contributed by atoms with van der Waals surface area (Å²) in [5.74, 6) is -2.86. The molecular formula is C30H22F3N3O4S2. The third-order valence-corrected chi connectivity index (χ3v) is 9.88. The Labute approximate surface area is 246 Å². The number of thioether (sulfide) groups is 1. The van der Waals surface area contributed by atoms with Crippen LogP contribution in [0, 0.1) is 12.8 Å². The molecule has 3 heterocycles. The summed E-state index contributed by atoms with van der Waals surface area (Å²) in [7, 11) is 0. The lowest BCUT2D eigenvalue weighted by Gasteiger charge is -2.30. The Hall–Kier alpha value is -4.16. The number of hydrogen-bond acceptors (Lipinski definition) is 6. The first kappa shape index (κ1) is 28.0. The van der Waals surface area contributed by atoms with Gasteiger partial charge in [-0.15, -0.1) is 0 Å². The number of aryl methyl sites for hydroxylation is 1. The maximum absolute atomic E-state index is 13.9. The van der Waals surface area contributed by atoms with E-state index < -0.39 is 52.1 Å². The molecule has 2 unspecified atom stereocenters. The maximum Gasteiger partial charge on any atom is 0.416 e. The van der Waals surface area contributed by atoms with E-state index in [1.807, 2.05) is 49.4 Å². The molecule has 3 aromatic carbocycles. The molecule has 1 N–H and O–H groups in total. The number of nitrogens with one attached hydrogen (secondary N) is 1. The Morgan fingerprint density at radius 1 is 0.929 bits per heavy atom. The molecule has 2 aliphatic rings. The summed E-state index contributed by atoms with van der Waals surface area (Å²) >= 11 is 1.97. The van der Waals surface area contributed by atoms with Gasteiger partial charge < -0.3 is 5.32 Å². The molecule has 1 fully saturated rings. The molecule has 6 rings (SSSR count). The number of imide groups is 1. The van der Waals surface area contributed by atoms with E-state index in [0.717, 1.165) is 46.4 Å². The van der Waals surface area contributed by atoms with Gasteiger partial charge in [-0.1, -0.05) is 77.2 Å². The molecular weight excluding hydrogens is 587 g/mol. The fourth-order valence-electron chi connectivity index (χ4n) is 5.34. The van der Waals surface area contributed by atoms with Crippen LogP contribution in [0.2, 0.25) is 0 Å². The average Bonchev–Trinajstić information content (AvgIpc) is 3.40. The number of amides is 3. The number of halogens is 3. The molecule has 0 radical (unpaired) electrons. The number of hydrogen-bond donors (Lipinski definition) is 1. The zero-order valence-corrected chi connectivity index (χ0v) is 23.6. The van der Waals surface area contributed by atoms with E-state index in [2.05, 4.69) is 5.32 Å². The van der Waals surface area contributed by atoms with Crippen molar-refractivity contribution in [1.82, 2.24) is 4.57 Å². The Kier molecular flexibility index (Phi) is 7.06. The fraction of sp³-hybridized carbons (Fsp3) is 0.200. The number of carbonyl (C=O) groups is 3. The van der Waals surface area contributed by atoms with Crippen LogP contribution in [0.1, 0.15) is 27.5 Å². The molecule has 42 heavy (non-hydrogen) atoms. The molecule has 2 aliphatic heterocycles. The van der Waals surface area contributed by atoms with Crippen molar-refractivity contribution in [2.24, 2.45) is 5.92 Å². The Morgan fingerprint density at radius 3 is 2.33 bits per heavy atom. The smallest absolute Gasteiger partial charge is 0.325 e. The van der Waals surface area contributed by atoms with Gasteiger partial charge in [0, 0.05) is 16.5 Å². The monoisotopic (exact) mass is 609 g/mol. The minimum absolute atomic E-state index is 0.0628. The maximum atomic E-state index is 13.9. The predicted octanol–water partition coefficient (Wildman–Crippen LogP) is 5.67. The standard InChI is InChI=1S/C30H22F3N3O4S2/c1-16-10-12-20(13-11-16)36-26(38)23-22(17-6-3-2-4-7-17)25-28(41-24(23)27(36)39)35(29(40)42-25)15-21(37)34-19-9-5-8-18(14-19)30(31,32)33/h2-14,22-24H,15H2,1H3,(H,34,37)/t22-,23?,24?/m1/s1. The van der Waals surface area contributed by atoms with Crippen LogP contribution in [0.25, 0.3) is 0 Å². The van der Waals surface area contributed by atoms with Crippen molar-refractivity contribution in [3.63, 3.8) is 0 Å². The lowest BCUT2D eigenvalue weighted by Crippen LogP contribution is -2.33. The lowest BCUT2D eigenvalue weighted by molar-refractivity contribution is -0.137. The SMILES string of the molecule is Cc1ccc(N2C(=O)C3Sc4c(sc(=O)n4CC(=O)Nc4cccc(C(F)(F)F)c4)[C@H](c4ccccc4)C3C2=O)cc1. The molecule has 7 nitrogen and oxygen atoms in total. The summed E-state index contributed by atoms with van der Waals surface area (Å²) in [6.45, 7) is 1.43. The Balaban J connectivity index is 1.36. The molecule has 4 aromatic rings. The van der Waals surface area contributed by atoms with Crippen molar-refractivity contribution in [2.75, 3.05) is 10.2 Å². The van der Waals surface area contributed by atoms with Gasteiger partial charge in [0.1, 0.15) is 11.8 Å². The van der Waals surface area contributed by atoms with Crippen LogP contribution in [0.15, 0.2) is 88.7 Å². The number of rotatable bonds is 5. The van der Waals surface area contributed by atoms with Gasteiger partial charge in [-0.05, 0) is 42.8 Å². The number of anilines is 2. The molecule has 1 saturated heterocycles. The van der Waals surface area contributed by atoms with E-state index in [0.29, 0.717) is 15.6 Å². The second-order valence-corrected chi connectivity index (χ2v) is 12.2. The zero-order valence-electron chi connectivity index (χ0n) is 21.9. The van der Waals surface area contributed by atoms with E-state index in [1.54, 1.807) is 12.1 Å². The van der Waals surface area contributed by atoms with Gasteiger partial charge in [0.15, 0.2) is 0 Å².